The molecule has 0 radical (unpaired) electrons. The summed E-state index contributed by atoms with van der Waals surface area (Å²) in [5.41, 5.74) is 0. The first kappa shape index (κ1) is 6.69. The van der Waals surface area contributed by atoms with Crippen LogP contribution >= 0.6 is 12.6 Å². The number of rotatable bonds is 2. The summed E-state index contributed by atoms with van der Waals surface area (Å²) in [7, 11) is 0. The molecule has 1 atom stereocenters. The van der Waals surface area contributed by atoms with Crippen LogP contribution in [0, 0.1) is 5.41 Å². The summed E-state index contributed by atoms with van der Waals surface area (Å²) in [6.45, 7) is 1.84. The van der Waals surface area contributed by atoms with Crippen molar-refractivity contribution in [2.45, 2.75) is 12.3 Å². The molecule has 0 aliphatic rings. The van der Waals surface area contributed by atoms with E-state index in [2.05, 4.69) is 17.6 Å². The van der Waals surface area contributed by atoms with Gasteiger partial charge in [-0.15, -0.1) is 0 Å². The number of aliphatic imine (C=N–C) groups is 1. The third kappa shape index (κ3) is 5.69. The summed E-state index contributed by atoms with van der Waals surface area (Å²) in [6.07, 6.45) is 2.55. The molecule has 0 aliphatic heterocycles. The predicted octanol–water partition coefficient (Wildman–Crippen LogP) is 0.983. The third-order valence-corrected chi connectivity index (χ3v) is 0.510. The molecule has 1 N–H and O–H groups in total. The largest absolute Gasteiger partial charge is 0.307 e. The van der Waals surface area contributed by atoms with Crippen LogP contribution in [0.3, 0.4) is 0 Å². The fourth-order valence-corrected chi connectivity index (χ4v) is 0.245. The van der Waals surface area contributed by atoms with Gasteiger partial charge >= 0.3 is 0 Å². The normalized spacial score (nSPS) is 14.6. The monoisotopic (exact) mass is 116 g/mol. The van der Waals surface area contributed by atoms with Crippen molar-refractivity contribution in [1.82, 2.24) is 0 Å². The standard InChI is InChI=1S/C4H8N2S/c1-4(7)6-3-2-5/h2-5,7H,1H3/b5-2?,6-3-. The molecule has 0 heterocycles. The van der Waals surface area contributed by atoms with E-state index in [0.717, 1.165) is 6.21 Å². The van der Waals surface area contributed by atoms with Crippen molar-refractivity contribution < 1.29 is 0 Å². The Labute approximate surface area is 48.6 Å². The highest BCUT2D eigenvalue weighted by Gasteiger charge is 1.79. The molecule has 0 rings (SSSR count). The zero-order chi connectivity index (χ0) is 5.70. The van der Waals surface area contributed by atoms with Gasteiger partial charge in [0, 0.05) is 12.4 Å². The van der Waals surface area contributed by atoms with E-state index in [0.29, 0.717) is 0 Å². The molecule has 3 heteroatoms. The number of thiol groups is 1. The molecular weight excluding hydrogens is 108 g/mol. The molecule has 0 saturated carbocycles. The van der Waals surface area contributed by atoms with E-state index in [4.69, 9.17) is 5.41 Å². The molecule has 0 amide bonds. The van der Waals surface area contributed by atoms with Crippen LogP contribution in [-0.2, 0) is 0 Å². The van der Waals surface area contributed by atoms with Crippen LogP contribution in [0.15, 0.2) is 4.99 Å². The number of nitrogens with zero attached hydrogens (tertiary/aromatic N) is 1. The maximum atomic E-state index is 6.49. The molecule has 40 valence electrons. The summed E-state index contributed by atoms with van der Waals surface area (Å²) in [6, 6.07) is 0. The van der Waals surface area contributed by atoms with E-state index in [1.54, 1.807) is 0 Å². The third-order valence-electron chi connectivity index (χ3n) is 0.376. The second-order valence-electron chi connectivity index (χ2n) is 1.10. The molecule has 0 aromatic carbocycles. The van der Waals surface area contributed by atoms with Crippen molar-refractivity contribution in [3.8, 4) is 0 Å². The lowest BCUT2D eigenvalue weighted by molar-refractivity contribution is 1.07. The highest BCUT2D eigenvalue weighted by Crippen LogP contribution is 1.89. The van der Waals surface area contributed by atoms with Crippen LogP contribution in [0.4, 0.5) is 0 Å². The van der Waals surface area contributed by atoms with Crippen LogP contribution in [0.1, 0.15) is 6.92 Å². The van der Waals surface area contributed by atoms with Gasteiger partial charge in [-0.05, 0) is 6.92 Å². The average molecular weight is 116 g/mol. The first-order chi connectivity index (χ1) is 3.27. The van der Waals surface area contributed by atoms with Crippen LogP contribution in [0.2, 0.25) is 0 Å². The summed E-state index contributed by atoms with van der Waals surface area (Å²) in [5, 5.41) is 6.50. The van der Waals surface area contributed by atoms with Gasteiger partial charge in [0.1, 0.15) is 0 Å². The summed E-state index contributed by atoms with van der Waals surface area (Å²) < 4.78 is 0. The smallest absolute Gasteiger partial charge is 0.0895 e. The lowest BCUT2D eigenvalue weighted by Gasteiger charge is -1.87. The van der Waals surface area contributed by atoms with Gasteiger partial charge in [-0.2, -0.15) is 12.6 Å². The van der Waals surface area contributed by atoms with Crippen molar-refractivity contribution in [2.75, 3.05) is 0 Å². The Morgan fingerprint density at radius 3 is 2.57 bits per heavy atom. The fourth-order valence-electron chi connectivity index (χ4n) is 0.168. The molecule has 0 aliphatic carbocycles. The van der Waals surface area contributed by atoms with E-state index >= 15 is 0 Å². The fraction of sp³-hybridized carbons (Fsp3) is 0.500. The van der Waals surface area contributed by atoms with E-state index < -0.39 is 0 Å². The molecule has 7 heavy (non-hydrogen) atoms. The molecule has 0 fully saturated rings. The van der Waals surface area contributed by atoms with Gasteiger partial charge in [0.15, 0.2) is 0 Å². The minimum atomic E-state index is 0.0154. The Balaban J connectivity index is 3.25. The van der Waals surface area contributed by atoms with E-state index in [1.807, 2.05) is 6.92 Å². The zero-order valence-electron chi connectivity index (χ0n) is 4.13. The average Bonchev–Trinajstić information content (AvgIpc) is 1.61. The van der Waals surface area contributed by atoms with E-state index in [9.17, 15) is 0 Å². The first-order valence-corrected chi connectivity index (χ1v) is 2.49. The Kier molecular flexibility index (Phi) is 3.69. The van der Waals surface area contributed by atoms with Crippen LogP contribution < -0.4 is 0 Å². The van der Waals surface area contributed by atoms with Crippen LogP contribution in [0.25, 0.3) is 0 Å². The van der Waals surface area contributed by atoms with Gasteiger partial charge in [-0.3, -0.25) is 4.99 Å². The topological polar surface area (TPSA) is 36.2 Å². The van der Waals surface area contributed by atoms with Crippen molar-refractivity contribution in [2.24, 2.45) is 4.99 Å². The Morgan fingerprint density at radius 1 is 1.86 bits per heavy atom. The molecule has 0 saturated heterocycles. The highest BCUT2D eigenvalue weighted by molar-refractivity contribution is 7.80. The van der Waals surface area contributed by atoms with Crippen molar-refractivity contribution >= 4 is 25.1 Å². The minimum Gasteiger partial charge on any atom is -0.307 e. The van der Waals surface area contributed by atoms with E-state index in [1.165, 1.54) is 6.21 Å². The number of nitrogens with one attached hydrogen (secondary N) is 1. The predicted molar refractivity (Wildman–Crippen MR) is 35.7 cm³/mol. The van der Waals surface area contributed by atoms with E-state index in [-0.39, 0.29) is 5.37 Å². The molecular formula is C4H8N2S. The molecule has 0 aromatic heterocycles. The lowest BCUT2D eigenvalue weighted by atomic mass is 10.7. The maximum Gasteiger partial charge on any atom is 0.0895 e. The van der Waals surface area contributed by atoms with Crippen molar-refractivity contribution in [3.05, 3.63) is 0 Å². The molecule has 0 spiro atoms. The van der Waals surface area contributed by atoms with Gasteiger partial charge in [-0.25, -0.2) is 0 Å². The lowest BCUT2D eigenvalue weighted by Crippen LogP contribution is -1.83. The van der Waals surface area contributed by atoms with Crippen LogP contribution in [-0.4, -0.2) is 17.8 Å². The first-order valence-electron chi connectivity index (χ1n) is 1.97. The highest BCUT2D eigenvalue weighted by atomic mass is 32.1. The van der Waals surface area contributed by atoms with Gasteiger partial charge in [0.05, 0.1) is 5.37 Å². The quantitative estimate of drug-likeness (QED) is 0.398. The second kappa shape index (κ2) is 3.87. The maximum absolute atomic E-state index is 6.49. The molecule has 0 aromatic rings. The Hall–Kier alpha value is -0.310. The summed E-state index contributed by atoms with van der Waals surface area (Å²) >= 11 is 3.93. The van der Waals surface area contributed by atoms with Gasteiger partial charge in [0.25, 0.3) is 0 Å². The number of hydrogen-bond donors (Lipinski definition) is 2. The van der Waals surface area contributed by atoms with Gasteiger partial charge < -0.3 is 5.41 Å². The summed E-state index contributed by atoms with van der Waals surface area (Å²) in [4.78, 5) is 3.74. The number of hydrogen-bond acceptors (Lipinski definition) is 3. The second-order valence-corrected chi connectivity index (χ2v) is 1.84. The summed E-state index contributed by atoms with van der Waals surface area (Å²) in [5.74, 6) is 0. The van der Waals surface area contributed by atoms with Crippen molar-refractivity contribution in [3.63, 3.8) is 0 Å². The minimum absolute atomic E-state index is 0.0154. The van der Waals surface area contributed by atoms with Gasteiger partial charge in [0.2, 0.25) is 0 Å². The zero-order valence-corrected chi connectivity index (χ0v) is 5.02. The molecule has 0 bridgehead atoms. The molecule has 2 nitrogen and oxygen atoms in total. The van der Waals surface area contributed by atoms with Gasteiger partial charge in [-0.1, -0.05) is 0 Å². The molecule has 1 unspecified atom stereocenters. The SMILES string of the molecule is CC(S)/N=C\C=N. The Bertz CT molecular complexity index is 77.8. The van der Waals surface area contributed by atoms with Crippen LogP contribution in [0.5, 0.6) is 0 Å². The van der Waals surface area contributed by atoms with Crippen molar-refractivity contribution in [1.29, 1.82) is 5.41 Å². The Morgan fingerprint density at radius 2 is 2.43 bits per heavy atom.